The summed E-state index contributed by atoms with van der Waals surface area (Å²) < 4.78 is 17.5. The number of nitrogens with zero attached hydrogens (tertiary/aromatic N) is 2. The summed E-state index contributed by atoms with van der Waals surface area (Å²) >= 11 is 0. The number of anilines is 1. The van der Waals surface area contributed by atoms with Crippen molar-refractivity contribution in [1.82, 2.24) is 9.78 Å². The second kappa shape index (κ2) is 8.27. The molecule has 3 rings (SSSR count). The van der Waals surface area contributed by atoms with Crippen molar-refractivity contribution >= 4 is 11.6 Å². The second-order valence-corrected chi connectivity index (χ2v) is 5.77. The van der Waals surface area contributed by atoms with Gasteiger partial charge in [0.1, 0.15) is 22.8 Å². The number of methoxy groups -OCH3 is 3. The van der Waals surface area contributed by atoms with Crippen molar-refractivity contribution in [1.29, 1.82) is 0 Å². The highest BCUT2D eigenvalue weighted by molar-refractivity contribution is 6.08. The van der Waals surface area contributed by atoms with E-state index in [2.05, 4.69) is 10.4 Å². The average molecular weight is 367 g/mol. The first-order chi connectivity index (χ1) is 13.1. The summed E-state index contributed by atoms with van der Waals surface area (Å²) in [7, 11) is 4.65. The molecule has 1 amide bonds. The SMILES string of the molecule is COc1cccc(Cn2cc(NC(=O)c3c(OC)cccc3OC)cn2)c1. The Morgan fingerprint density at radius 3 is 2.41 bits per heavy atom. The van der Waals surface area contributed by atoms with Gasteiger partial charge in [-0.15, -0.1) is 0 Å². The second-order valence-electron chi connectivity index (χ2n) is 5.77. The van der Waals surface area contributed by atoms with Crippen molar-refractivity contribution in [2.45, 2.75) is 6.54 Å². The van der Waals surface area contributed by atoms with Crippen LogP contribution < -0.4 is 19.5 Å². The summed E-state index contributed by atoms with van der Waals surface area (Å²) in [4.78, 5) is 12.7. The third kappa shape index (κ3) is 4.20. The Kier molecular flexibility index (Phi) is 5.61. The van der Waals surface area contributed by atoms with Gasteiger partial charge >= 0.3 is 0 Å². The van der Waals surface area contributed by atoms with E-state index < -0.39 is 0 Å². The third-order valence-electron chi connectivity index (χ3n) is 4.02. The van der Waals surface area contributed by atoms with Crippen LogP contribution in [0.15, 0.2) is 54.9 Å². The molecular weight excluding hydrogens is 346 g/mol. The van der Waals surface area contributed by atoms with E-state index in [1.807, 2.05) is 24.3 Å². The van der Waals surface area contributed by atoms with E-state index in [1.165, 1.54) is 14.2 Å². The number of hydrogen-bond acceptors (Lipinski definition) is 5. The van der Waals surface area contributed by atoms with E-state index >= 15 is 0 Å². The smallest absolute Gasteiger partial charge is 0.263 e. The van der Waals surface area contributed by atoms with Crippen LogP contribution in [0.1, 0.15) is 15.9 Å². The van der Waals surface area contributed by atoms with Gasteiger partial charge in [0.2, 0.25) is 0 Å². The zero-order valence-electron chi connectivity index (χ0n) is 15.4. The van der Waals surface area contributed by atoms with Crippen LogP contribution in [0.4, 0.5) is 5.69 Å². The van der Waals surface area contributed by atoms with Crippen LogP contribution in [0.25, 0.3) is 0 Å². The van der Waals surface area contributed by atoms with Gasteiger partial charge in [0.05, 0.1) is 39.8 Å². The number of carbonyl (C=O) groups excluding carboxylic acids is 1. The molecule has 2 aromatic carbocycles. The maximum atomic E-state index is 12.7. The number of hydrogen-bond donors (Lipinski definition) is 1. The molecule has 0 bridgehead atoms. The largest absolute Gasteiger partial charge is 0.497 e. The van der Waals surface area contributed by atoms with Gasteiger partial charge in [-0.25, -0.2) is 0 Å². The number of amides is 1. The van der Waals surface area contributed by atoms with E-state index in [0.717, 1.165) is 11.3 Å². The summed E-state index contributed by atoms with van der Waals surface area (Å²) in [5.41, 5.74) is 1.96. The van der Waals surface area contributed by atoms with Gasteiger partial charge in [0.25, 0.3) is 5.91 Å². The van der Waals surface area contributed by atoms with Crippen molar-refractivity contribution < 1.29 is 19.0 Å². The third-order valence-corrected chi connectivity index (χ3v) is 4.02. The Morgan fingerprint density at radius 2 is 1.74 bits per heavy atom. The molecule has 7 nitrogen and oxygen atoms in total. The molecule has 0 aliphatic rings. The Labute approximate surface area is 157 Å². The normalized spacial score (nSPS) is 10.3. The Hall–Kier alpha value is -3.48. The molecule has 0 aliphatic heterocycles. The van der Waals surface area contributed by atoms with Crippen LogP contribution in [0, 0.1) is 0 Å². The van der Waals surface area contributed by atoms with Gasteiger partial charge in [-0.05, 0) is 29.8 Å². The van der Waals surface area contributed by atoms with Gasteiger partial charge in [-0.3, -0.25) is 9.48 Å². The number of carbonyl (C=O) groups is 1. The van der Waals surface area contributed by atoms with Gasteiger partial charge in [0, 0.05) is 6.20 Å². The molecule has 0 fully saturated rings. The molecule has 3 aromatic rings. The molecular formula is C20H21N3O4. The zero-order chi connectivity index (χ0) is 19.2. The first-order valence-corrected chi connectivity index (χ1v) is 8.32. The lowest BCUT2D eigenvalue weighted by molar-refractivity contribution is 0.102. The van der Waals surface area contributed by atoms with Crippen LogP contribution in [-0.4, -0.2) is 37.0 Å². The maximum Gasteiger partial charge on any atom is 0.263 e. The molecule has 1 N–H and O–H groups in total. The van der Waals surface area contributed by atoms with Crippen LogP contribution >= 0.6 is 0 Å². The molecule has 27 heavy (non-hydrogen) atoms. The van der Waals surface area contributed by atoms with Gasteiger partial charge < -0.3 is 19.5 Å². The molecule has 0 unspecified atom stereocenters. The van der Waals surface area contributed by atoms with E-state index in [9.17, 15) is 4.79 Å². The van der Waals surface area contributed by atoms with Crippen LogP contribution in [0.2, 0.25) is 0 Å². The molecule has 1 aromatic heterocycles. The molecule has 0 radical (unpaired) electrons. The molecule has 0 saturated heterocycles. The lowest BCUT2D eigenvalue weighted by Gasteiger charge is -2.12. The number of rotatable bonds is 7. The number of aromatic nitrogens is 2. The van der Waals surface area contributed by atoms with Crippen LogP contribution in [0.3, 0.4) is 0 Å². The van der Waals surface area contributed by atoms with E-state index in [0.29, 0.717) is 29.3 Å². The van der Waals surface area contributed by atoms with Gasteiger partial charge in [-0.2, -0.15) is 5.10 Å². The quantitative estimate of drug-likeness (QED) is 0.694. The first-order valence-electron chi connectivity index (χ1n) is 8.32. The van der Waals surface area contributed by atoms with Crippen molar-refractivity contribution in [2.75, 3.05) is 26.6 Å². The van der Waals surface area contributed by atoms with Gasteiger partial charge in [-0.1, -0.05) is 18.2 Å². The molecule has 7 heteroatoms. The maximum absolute atomic E-state index is 12.7. The van der Waals surface area contributed by atoms with Crippen LogP contribution in [-0.2, 0) is 6.54 Å². The molecule has 1 heterocycles. The fraction of sp³-hybridized carbons (Fsp3) is 0.200. The highest BCUT2D eigenvalue weighted by Gasteiger charge is 2.18. The van der Waals surface area contributed by atoms with E-state index in [-0.39, 0.29) is 5.91 Å². The van der Waals surface area contributed by atoms with Crippen molar-refractivity contribution in [3.05, 3.63) is 66.0 Å². The molecule has 140 valence electrons. The van der Waals surface area contributed by atoms with E-state index in [4.69, 9.17) is 14.2 Å². The van der Waals surface area contributed by atoms with Crippen molar-refractivity contribution in [2.24, 2.45) is 0 Å². The molecule has 0 saturated carbocycles. The number of benzene rings is 2. The van der Waals surface area contributed by atoms with Crippen molar-refractivity contribution in [3.63, 3.8) is 0 Å². The minimum atomic E-state index is -0.328. The Balaban J connectivity index is 1.75. The summed E-state index contributed by atoms with van der Waals surface area (Å²) in [6.07, 6.45) is 3.36. The summed E-state index contributed by atoms with van der Waals surface area (Å²) in [6.45, 7) is 0.561. The number of ether oxygens (including phenoxy) is 3. The predicted octanol–water partition coefficient (Wildman–Crippen LogP) is 3.21. The standard InChI is InChI=1S/C20H21N3O4/c1-25-16-7-4-6-14(10-16)12-23-13-15(11-21-23)22-20(24)19-17(26-2)8-5-9-18(19)27-3/h4-11,13H,12H2,1-3H3,(H,22,24). The van der Waals surface area contributed by atoms with Gasteiger partial charge in [0.15, 0.2) is 0 Å². The first kappa shape index (κ1) is 18.3. The van der Waals surface area contributed by atoms with Crippen LogP contribution in [0.5, 0.6) is 17.2 Å². The van der Waals surface area contributed by atoms with Crippen molar-refractivity contribution in [3.8, 4) is 17.2 Å². The fourth-order valence-corrected chi connectivity index (χ4v) is 2.74. The monoisotopic (exact) mass is 367 g/mol. The Morgan fingerprint density at radius 1 is 1.04 bits per heavy atom. The lowest BCUT2D eigenvalue weighted by Crippen LogP contribution is -2.14. The average Bonchev–Trinajstić information content (AvgIpc) is 3.13. The summed E-state index contributed by atoms with van der Waals surface area (Å²) in [5.74, 6) is 1.34. The highest BCUT2D eigenvalue weighted by Crippen LogP contribution is 2.29. The number of nitrogens with one attached hydrogen (secondary N) is 1. The minimum absolute atomic E-state index is 0.328. The minimum Gasteiger partial charge on any atom is -0.497 e. The molecule has 0 spiro atoms. The van der Waals surface area contributed by atoms with E-state index in [1.54, 1.807) is 42.4 Å². The Bertz CT molecular complexity index is 914. The highest BCUT2D eigenvalue weighted by atomic mass is 16.5. The lowest BCUT2D eigenvalue weighted by atomic mass is 10.1. The zero-order valence-corrected chi connectivity index (χ0v) is 15.4. The topological polar surface area (TPSA) is 74.6 Å². The molecule has 0 aliphatic carbocycles. The summed E-state index contributed by atoms with van der Waals surface area (Å²) in [5, 5.41) is 7.13. The fourth-order valence-electron chi connectivity index (χ4n) is 2.74. The predicted molar refractivity (Wildman–Crippen MR) is 102 cm³/mol. The molecule has 0 atom stereocenters. The summed E-state index contributed by atoms with van der Waals surface area (Å²) in [6, 6.07) is 12.9.